The SMILES string of the molecule is CCCc1c(C)nn2c(=O)cc(-c3ccc(OC)cc3)[nH]c12. The highest BCUT2D eigenvalue weighted by Crippen LogP contribution is 2.22. The number of rotatable bonds is 4. The second-order valence-electron chi connectivity index (χ2n) is 5.32. The van der Waals surface area contributed by atoms with Crippen molar-refractivity contribution >= 4 is 5.65 Å². The molecule has 0 amide bonds. The molecule has 0 aliphatic rings. The number of methoxy groups -OCH3 is 1. The fourth-order valence-corrected chi connectivity index (χ4v) is 2.67. The number of benzene rings is 1. The smallest absolute Gasteiger partial charge is 0.274 e. The van der Waals surface area contributed by atoms with Crippen molar-refractivity contribution in [3.8, 4) is 17.0 Å². The van der Waals surface area contributed by atoms with Gasteiger partial charge in [0.25, 0.3) is 5.56 Å². The largest absolute Gasteiger partial charge is 0.497 e. The number of fused-ring (bicyclic) bond motifs is 1. The van der Waals surface area contributed by atoms with E-state index >= 15 is 0 Å². The van der Waals surface area contributed by atoms with E-state index in [0.717, 1.165) is 46.8 Å². The third-order valence-corrected chi connectivity index (χ3v) is 3.82. The first-order valence-electron chi connectivity index (χ1n) is 7.40. The van der Waals surface area contributed by atoms with Crippen molar-refractivity contribution in [3.05, 3.63) is 51.9 Å². The van der Waals surface area contributed by atoms with Crippen molar-refractivity contribution in [1.82, 2.24) is 14.6 Å². The highest BCUT2D eigenvalue weighted by atomic mass is 16.5. The first kappa shape index (κ1) is 14.4. The highest BCUT2D eigenvalue weighted by molar-refractivity contribution is 5.64. The molecule has 3 aromatic rings. The second-order valence-corrected chi connectivity index (χ2v) is 5.32. The molecule has 0 bridgehead atoms. The van der Waals surface area contributed by atoms with Crippen LogP contribution < -0.4 is 10.3 Å². The van der Waals surface area contributed by atoms with Crippen LogP contribution in [0.3, 0.4) is 0 Å². The Labute approximate surface area is 128 Å². The highest BCUT2D eigenvalue weighted by Gasteiger charge is 2.12. The zero-order chi connectivity index (χ0) is 15.7. The van der Waals surface area contributed by atoms with E-state index in [1.54, 1.807) is 13.2 Å². The normalized spacial score (nSPS) is 11.0. The Morgan fingerprint density at radius 3 is 2.64 bits per heavy atom. The summed E-state index contributed by atoms with van der Waals surface area (Å²) in [6, 6.07) is 9.21. The van der Waals surface area contributed by atoms with Gasteiger partial charge in [0, 0.05) is 11.6 Å². The van der Waals surface area contributed by atoms with Gasteiger partial charge in [0.05, 0.1) is 18.5 Å². The van der Waals surface area contributed by atoms with Gasteiger partial charge in [-0.15, -0.1) is 0 Å². The fourth-order valence-electron chi connectivity index (χ4n) is 2.67. The van der Waals surface area contributed by atoms with Crippen molar-refractivity contribution in [2.24, 2.45) is 0 Å². The molecule has 1 aromatic carbocycles. The molecule has 0 saturated heterocycles. The third-order valence-electron chi connectivity index (χ3n) is 3.82. The van der Waals surface area contributed by atoms with Crippen molar-refractivity contribution in [3.63, 3.8) is 0 Å². The van der Waals surface area contributed by atoms with Crippen LogP contribution in [0.15, 0.2) is 35.1 Å². The molecule has 0 radical (unpaired) electrons. The maximum atomic E-state index is 12.3. The molecule has 22 heavy (non-hydrogen) atoms. The number of aromatic amines is 1. The Morgan fingerprint density at radius 2 is 2.00 bits per heavy atom. The Hall–Kier alpha value is -2.56. The van der Waals surface area contributed by atoms with E-state index in [-0.39, 0.29) is 5.56 Å². The van der Waals surface area contributed by atoms with E-state index in [2.05, 4.69) is 17.0 Å². The van der Waals surface area contributed by atoms with E-state index in [4.69, 9.17) is 4.74 Å². The summed E-state index contributed by atoms with van der Waals surface area (Å²) in [4.78, 5) is 15.7. The van der Waals surface area contributed by atoms with E-state index in [1.165, 1.54) is 4.52 Å². The maximum Gasteiger partial charge on any atom is 0.274 e. The van der Waals surface area contributed by atoms with Crippen LogP contribution in [-0.2, 0) is 6.42 Å². The molecule has 0 atom stereocenters. The molecular weight excluding hydrogens is 278 g/mol. The standard InChI is InChI=1S/C17H19N3O2/c1-4-5-14-11(2)19-20-16(21)10-15(18-17(14)20)12-6-8-13(22-3)9-7-12/h6-10,18H,4-5H2,1-3H3. The third kappa shape index (κ3) is 2.39. The first-order valence-corrected chi connectivity index (χ1v) is 7.40. The molecule has 114 valence electrons. The molecule has 5 heteroatoms. The average Bonchev–Trinajstić information content (AvgIpc) is 2.85. The Bertz CT molecular complexity index is 860. The summed E-state index contributed by atoms with van der Waals surface area (Å²) in [6.45, 7) is 4.06. The topological polar surface area (TPSA) is 59.4 Å². The number of hydrogen-bond acceptors (Lipinski definition) is 3. The van der Waals surface area contributed by atoms with E-state index in [0.29, 0.717) is 0 Å². The minimum Gasteiger partial charge on any atom is -0.497 e. The van der Waals surface area contributed by atoms with Gasteiger partial charge < -0.3 is 9.72 Å². The number of nitrogens with one attached hydrogen (secondary N) is 1. The van der Waals surface area contributed by atoms with Crippen LogP contribution in [0.4, 0.5) is 0 Å². The molecule has 0 fully saturated rings. The quantitative estimate of drug-likeness (QED) is 0.805. The molecule has 1 N–H and O–H groups in total. The monoisotopic (exact) mass is 297 g/mol. The van der Waals surface area contributed by atoms with Crippen molar-refractivity contribution in [2.75, 3.05) is 7.11 Å². The maximum absolute atomic E-state index is 12.3. The molecule has 0 saturated carbocycles. The fraction of sp³-hybridized carbons (Fsp3) is 0.294. The predicted octanol–water partition coefficient (Wildman–Crippen LogP) is 2.96. The molecule has 0 spiro atoms. The number of hydrogen-bond donors (Lipinski definition) is 1. The summed E-state index contributed by atoms with van der Waals surface area (Å²) in [5, 5.41) is 4.35. The van der Waals surface area contributed by atoms with Gasteiger partial charge in [-0.3, -0.25) is 4.79 Å². The van der Waals surface area contributed by atoms with Gasteiger partial charge in [-0.2, -0.15) is 9.61 Å². The van der Waals surface area contributed by atoms with Crippen molar-refractivity contribution in [2.45, 2.75) is 26.7 Å². The number of aryl methyl sites for hydroxylation is 2. The molecule has 3 rings (SSSR count). The second kappa shape index (κ2) is 5.67. The van der Waals surface area contributed by atoms with Crippen LogP contribution in [0, 0.1) is 6.92 Å². The van der Waals surface area contributed by atoms with Crippen LogP contribution in [0.2, 0.25) is 0 Å². The van der Waals surface area contributed by atoms with Gasteiger partial charge in [-0.05, 0) is 43.2 Å². The van der Waals surface area contributed by atoms with Gasteiger partial charge in [-0.25, -0.2) is 0 Å². The number of H-pyrrole nitrogens is 1. The van der Waals surface area contributed by atoms with E-state index in [1.807, 2.05) is 31.2 Å². The Balaban J connectivity index is 2.18. The summed E-state index contributed by atoms with van der Waals surface area (Å²) in [7, 11) is 1.63. The minimum atomic E-state index is -0.120. The lowest BCUT2D eigenvalue weighted by molar-refractivity contribution is 0.415. The molecular formula is C17H19N3O2. The van der Waals surface area contributed by atoms with Crippen molar-refractivity contribution < 1.29 is 4.74 Å². The molecule has 2 heterocycles. The van der Waals surface area contributed by atoms with Crippen LogP contribution in [-0.4, -0.2) is 21.7 Å². The summed E-state index contributed by atoms with van der Waals surface area (Å²) in [5.41, 5.74) is 4.42. The lowest BCUT2D eigenvalue weighted by Crippen LogP contribution is -2.14. The van der Waals surface area contributed by atoms with Crippen LogP contribution >= 0.6 is 0 Å². The zero-order valence-electron chi connectivity index (χ0n) is 13.0. The van der Waals surface area contributed by atoms with E-state index in [9.17, 15) is 4.79 Å². The first-order chi connectivity index (χ1) is 10.6. The Morgan fingerprint density at radius 1 is 1.27 bits per heavy atom. The van der Waals surface area contributed by atoms with Crippen LogP contribution in [0.25, 0.3) is 16.9 Å². The minimum absolute atomic E-state index is 0.120. The number of nitrogens with zero attached hydrogens (tertiary/aromatic N) is 2. The predicted molar refractivity (Wildman–Crippen MR) is 86.5 cm³/mol. The van der Waals surface area contributed by atoms with Crippen molar-refractivity contribution in [1.29, 1.82) is 0 Å². The molecule has 5 nitrogen and oxygen atoms in total. The molecule has 0 unspecified atom stereocenters. The lowest BCUT2D eigenvalue weighted by Gasteiger charge is -2.05. The summed E-state index contributed by atoms with van der Waals surface area (Å²) >= 11 is 0. The molecule has 0 aliphatic carbocycles. The van der Waals surface area contributed by atoms with Gasteiger partial charge in [0.2, 0.25) is 0 Å². The summed E-state index contributed by atoms with van der Waals surface area (Å²) in [5.74, 6) is 0.791. The Kier molecular flexibility index (Phi) is 3.71. The summed E-state index contributed by atoms with van der Waals surface area (Å²) < 4.78 is 6.62. The van der Waals surface area contributed by atoms with Crippen LogP contribution in [0.5, 0.6) is 5.75 Å². The number of ether oxygens (including phenoxy) is 1. The molecule has 0 aliphatic heterocycles. The van der Waals surface area contributed by atoms with Crippen LogP contribution in [0.1, 0.15) is 24.6 Å². The summed E-state index contributed by atoms with van der Waals surface area (Å²) in [6.07, 6.45) is 1.91. The van der Waals surface area contributed by atoms with Gasteiger partial charge in [0.1, 0.15) is 11.4 Å². The van der Waals surface area contributed by atoms with Gasteiger partial charge in [0.15, 0.2) is 0 Å². The lowest BCUT2D eigenvalue weighted by atomic mass is 10.1. The zero-order valence-corrected chi connectivity index (χ0v) is 13.0. The van der Waals surface area contributed by atoms with Gasteiger partial charge >= 0.3 is 0 Å². The average molecular weight is 297 g/mol. The molecule has 2 aromatic heterocycles. The number of aromatic nitrogens is 3. The van der Waals surface area contributed by atoms with Gasteiger partial charge in [-0.1, -0.05) is 13.3 Å². The van der Waals surface area contributed by atoms with E-state index < -0.39 is 0 Å².